The molecule has 39 heavy (non-hydrogen) atoms. The number of likely N-dealkylation sites (tertiary alicyclic amines) is 1. The lowest BCUT2D eigenvalue weighted by Crippen LogP contribution is -2.57. The van der Waals surface area contributed by atoms with Crippen LogP contribution in [0.5, 0.6) is 11.5 Å². The topological polar surface area (TPSA) is 89.6 Å². The van der Waals surface area contributed by atoms with Crippen LogP contribution in [0.2, 0.25) is 0 Å². The molecule has 1 aliphatic carbocycles. The molecule has 1 N–H and O–H groups in total. The van der Waals surface area contributed by atoms with Gasteiger partial charge in [-0.25, -0.2) is 4.79 Å². The molecule has 0 unspecified atom stereocenters. The fraction of sp³-hybridized carbons (Fsp3) is 0.733. The molecule has 1 aromatic rings. The van der Waals surface area contributed by atoms with Gasteiger partial charge >= 0.3 is 6.09 Å². The van der Waals surface area contributed by atoms with E-state index >= 15 is 0 Å². The molecular weight excluding hydrogens is 498 g/mol. The normalized spacial score (nSPS) is 19.6. The maximum absolute atomic E-state index is 13.9. The number of carbonyl (C=O) groups excluding carboxylic acids is 2. The molecule has 2 fully saturated rings. The lowest BCUT2D eigenvalue weighted by atomic mass is 9.94. The van der Waals surface area contributed by atoms with E-state index in [-0.39, 0.29) is 30.1 Å². The van der Waals surface area contributed by atoms with Crippen LogP contribution in [0, 0.1) is 0 Å². The lowest BCUT2D eigenvalue weighted by Gasteiger charge is -2.45. The number of ether oxygens (including phenoxy) is 4. The standard InChI is InChI=1S/C30H49N3O6/c1-21(2)33(28(34)22-9-14-26(37-7)27(19-22)38-18-8-17-36-6)25-13-12-24(15-16-31-23-10-11-23)32(20-25)29(35)39-30(3,4)5/h9,14,19,21,23-25,31H,8,10-13,15-18,20H2,1-7H3/t24-,25-/m1/s1. The minimum Gasteiger partial charge on any atom is -0.493 e. The molecule has 2 aliphatic rings. The Morgan fingerprint density at radius 2 is 1.82 bits per heavy atom. The molecule has 0 spiro atoms. The summed E-state index contributed by atoms with van der Waals surface area (Å²) < 4.78 is 22.3. The maximum Gasteiger partial charge on any atom is 0.410 e. The average molecular weight is 548 g/mol. The van der Waals surface area contributed by atoms with Gasteiger partial charge in [-0.15, -0.1) is 0 Å². The second-order valence-electron chi connectivity index (χ2n) is 11.9. The first-order valence-corrected chi connectivity index (χ1v) is 14.4. The summed E-state index contributed by atoms with van der Waals surface area (Å²) >= 11 is 0. The van der Waals surface area contributed by atoms with E-state index in [1.165, 1.54) is 12.8 Å². The Morgan fingerprint density at radius 3 is 2.44 bits per heavy atom. The number of hydrogen-bond acceptors (Lipinski definition) is 7. The highest BCUT2D eigenvalue weighted by Crippen LogP contribution is 2.31. The van der Waals surface area contributed by atoms with Crippen LogP contribution in [0.25, 0.3) is 0 Å². The molecule has 0 aromatic heterocycles. The van der Waals surface area contributed by atoms with Gasteiger partial charge in [0, 0.05) is 50.4 Å². The first kappa shape index (κ1) is 31.0. The van der Waals surface area contributed by atoms with Gasteiger partial charge in [-0.05, 0) is 91.5 Å². The smallest absolute Gasteiger partial charge is 0.410 e. The van der Waals surface area contributed by atoms with Crippen molar-refractivity contribution in [3.05, 3.63) is 23.8 Å². The third kappa shape index (κ3) is 9.28. The van der Waals surface area contributed by atoms with Crippen LogP contribution < -0.4 is 14.8 Å². The van der Waals surface area contributed by atoms with Gasteiger partial charge in [-0.1, -0.05) is 0 Å². The molecule has 1 saturated heterocycles. The Morgan fingerprint density at radius 1 is 1.08 bits per heavy atom. The van der Waals surface area contributed by atoms with Gasteiger partial charge in [0.05, 0.1) is 19.8 Å². The Balaban J connectivity index is 1.77. The van der Waals surface area contributed by atoms with E-state index in [0.717, 1.165) is 32.2 Å². The number of nitrogens with zero attached hydrogens (tertiary/aromatic N) is 2. The molecule has 220 valence electrons. The lowest BCUT2D eigenvalue weighted by molar-refractivity contribution is -0.00785. The number of hydrogen-bond donors (Lipinski definition) is 1. The van der Waals surface area contributed by atoms with Crippen LogP contribution >= 0.6 is 0 Å². The molecule has 2 amide bonds. The van der Waals surface area contributed by atoms with Crippen LogP contribution in [-0.4, -0.2) is 92.1 Å². The molecule has 0 radical (unpaired) electrons. The van der Waals surface area contributed by atoms with Gasteiger partial charge in [0.25, 0.3) is 5.91 Å². The molecular formula is C30H49N3O6. The number of benzene rings is 1. The molecule has 1 aromatic carbocycles. The van der Waals surface area contributed by atoms with E-state index in [9.17, 15) is 9.59 Å². The Hall–Kier alpha value is -2.52. The van der Waals surface area contributed by atoms with Crippen molar-refractivity contribution in [1.29, 1.82) is 0 Å². The molecule has 1 saturated carbocycles. The number of rotatable bonds is 13. The third-order valence-electron chi connectivity index (χ3n) is 7.14. The van der Waals surface area contributed by atoms with E-state index in [2.05, 4.69) is 5.32 Å². The van der Waals surface area contributed by atoms with Crippen LogP contribution in [0.1, 0.15) is 83.5 Å². The number of piperidine rings is 1. The highest BCUT2D eigenvalue weighted by Gasteiger charge is 2.39. The maximum atomic E-state index is 13.9. The van der Waals surface area contributed by atoms with Crippen molar-refractivity contribution >= 4 is 12.0 Å². The summed E-state index contributed by atoms with van der Waals surface area (Å²) in [6, 6.07) is 5.84. The average Bonchev–Trinajstić information content (AvgIpc) is 3.70. The minimum absolute atomic E-state index is 0.0516. The van der Waals surface area contributed by atoms with Crippen LogP contribution in [-0.2, 0) is 9.47 Å². The van der Waals surface area contributed by atoms with Crippen LogP contribution in [0.15, 0.2) is 18.2 Å². The fourth-order valence-electron chi connectivity index (χ4n) is 5.10. The summed E-state index contributed by atoms with van der Waals surface area (Å²) in [4.78, 5) is 31.0. The SMILES string of the molecule is COCCCOc1cc(C(=O)N(C(C)C)[C@@H]2CC[C@H](CCNC3CC3)N(C(=O)OC(C)(C)C)C2)ccc1OC. The fourth-order valence-corrected chi connectivity index (χ4v) is 5.10. The van der Waals surface area contributed by atoms with Crippen molar-refractivity contribution in [1.82, 2.24) is 15.1 Å². The zero-order valence-electron chi connectivity index (χ0n) is 25.0. The van der Waals surface area contributed by atoms with Gasteiger partial charge in [0.2, 0.25) is 0 Å². The first-order chi connectivity index (χ1) is 18.5. The summed E-state index contributed by atoms with van der Waals surface area (Å²) in [6.07, 6.45) is 5.42. The van der Waals surface area contributed by atoms with Crippen molar-refractivity contribution in [2.75, 3.05) is 40.5 Å². The van der Waals surface area contributed by atoms with Crippen molar-refractivity contribution in [3.63, 3.8) is 0 Å². The zero-order valence-corrected chi connectivity index (χ0v) is 25.0. The van der Waals surface area contributed by atoms with E-state index < -0.39 is 5.60 Å². The molecule has 1 heterocycles. The molecule has 1 aliphatic heterocycles. The summed E-state index contributed by atoms with van der Waals surface area (Å²) in [5.74, 6) is 1.03. The largest absolute Gasteiger partial charge is 0.493 e. The van der Waals surface area contributed by atoms with Crippen molar-refractivity contribution in [2.45, 2.75) is 103 Å². The summed E-state index contributed by atoms with van der Waals surface area (Å²) in [6.45, 7) is 12.1. The predicted octanol–water partition coefficient (Wildman–Crippen LogP) is 4.87. The van der Waals surface area contributed by atoms with E-state index in [0.29, 0.717) is 42.9 Å². The predicted molar refractivity (Wildman–Crippen MR) is 152 cm³/mol. The number of carbonyl (C=O) groups is 2. The number of nitrogens with one attached hydrogen (secondary N) is 1. The molecule has 9 heteroatoms. The Bertz CT molecular complexity index is 943. The van der Waals surface area contributed by atoms with Gasteiger partial charge in [-0.3, -0.25) is 4.79 Å². The summed E-state index contributed by atoms with van der Waals surface area (Å²) in [7, 11) is 3.24. The molecule has 0 bridgehead atoms. The Kier molecular flexibility index (Phi) is 11.3. The second kappa shape index (κ2) is 14.2. The first-order valence-electron chi connectivity index (χ1n) is 14.4. The van der Waals surface area contributed by atoms with E-state index in [4.69, 9.17) is 18.9 Å². The molecule has 2 atom stereocenters. The van der Waals surface area contributed by atoms with Gasteiger partial charge in [-0.2, -0.15) is 0 Å². The van der Waals surface area contributed by atoms with Gasteiger partial charge in [0.1, 0.15) is 5.60 Å². The van der Waals surface area contributed by atoms with Crippen LogP contribution in [0.4, 0.5) is 4.79 Å². The number of amides is 2. The summed E-state index contributed by atoms with van der Waals surface area (Å²) in [5, 5.41) is 3.57. The third-order valence-corrected chi connectivity index (χ3v) is 7.14. The molecule has 9 nitrogen and oxygen atoms in total. The van der Waals surface area contributed by atoms with Gasteiger partial charge in [0.15, 0.2) is 11.5 Å². The number of methoxy groups -OCH3 is 2. The van der Waals surface area contributed by atoms with Crippen molar-refractivity contribution in [2.24, 2.45) is 0 Å². The van der Waals surface area contributed by atoms with E-state index in [1.807, 2.05) is 44.4 Å². The van der Waals surface area contributed by atoms with Crippen molar-refractivity contribution < 1.29 is 28.5 Å². The second-order valence-corrected chi connectivity index (χ2v) is 11.9. The summed E-state index contributed by atoms with van der Waals surface area (Å²) in [5.41, 5.74) is -0.0530. The Labute approximate surface area is 234 Å². The van der Waals surface area contributed by atoms with Crippen molar-refractivity contribution in [3.8, 4) is 11.5 Å². The highest BCUT2D eigenvalue weighted by atomic mass is 16.6. The zero-order chi connectivity index (χ0) is 28.6. The van der Waals surface area contributed by atoms with Crippen LogP contribution in [0.3, 0.4) is 0 Å². The quantitative estimate of drug-likeness (QED) is 0.353. The monoisotopic (exact) mass is 547 g/mol. The highest BCUT2D eigenvalue weighted by molar-refractivity contribution is 5.95. The minimum atomic E-state index is -0.586. The molecule has 3 rings (SSSR count). The van der Waals surface area contributed by atoms with Gasteiger partial charge < -0.3 is 34.1 Å². The van der Waals surface area contributed by atoms with E-state index in [1.54, 1.807) is 32.4 Å².